The van der Waals surface area contributed by atoms with Crippen molar-refractivity contribution < 1.29 is 19.8 Å². The molecule has 0 bridgehead atoms. The van der Waals surface area contributed by atoms with Crippen molar-refractivity contribution in [1.29, 1.82) is 0 Å². The average molecular weight is 296 g/mol. The van der Waals surface area contributed by atoms with E-state index in [4.69, 9.17) is 11.7 Å². The van der Waals surface area contributed by atoms with Crippen LogP contribution in [-0.2, 0) is 16.1 Å². The van der Waals surface area contributed by atoms with Crippen molar-refractivity contribution in [3.8, 4) is 0 Å². The molecule has 110 valence electrons. The van der Waals surface area contributed by atoms with Gasteiger partial charge in [-0.1, -0.05) is 24.3 Å². The normalized spacial score (nSPS) is 11.0. The van der Waals surface area contributed by atoms with Crippen LogP contribution in [0.5, 0.6) is 0 Å². The van der Waals surface area contributed by atoms with Crippen molar-refractivity contribution in [2.24, 2.45) is 0 Å². The molecule has 0 fully saturated rings. The van der Waals surface area contributed by atoms with Gasteiger partial charge in [0.2, 0.25) is 0 Å². The van der Waals surface area contributed by atoms with E-state index >= 15 is 0 Å². The Labute approximate surface area is 126 Å². The highest BCUT2D eigenvalue weighted by molar-refractivity contribution is 6.38. The standard InChI is InChI=1S/C16H12N2O4/c1-17-12-6-4-11(5-7-12)10-18-8-2-3-13(18)14(19)9-15(20)16(21)22/h2-9,19H,10H2,(H,21,22)/b14-9-. The Morgan fingerprint density at radius 1 is 1.18 bits per heavy atom. The predicted octanol–water partition coefficient (Wildman–Crippen LogP) is 2.64. The zero-order valence-electron chi connectivity index (χ0n) is 11.4. The molecule has 22 heavy (non-hydrogen) atoms. The lowest BCUT2D eigenvalue weighted by Crippen LogP contribution is -2.10. The monoisotopic (exact) mass is 296 g/mol. The van der Waals surface area contributed by atoms with E-state index in [1.54, 1.807) is 47.2 Å². The van der Waals surface area contributed by atoms with Gasteiger partial charge in [-0.2, -0.15) is 0 Å². The van der Waals surface area contributed by atoms with Gasteiger partial charge in [-0.3, -0.25) is 4.79 Å². The number of aliphatic carboxylic acids is 1. The summed E-state index contributed by atoms with van der Waals surface area (Å²) in [7, 11) is 0. The first kappa shape index (κ1) is 15.1. The Morgan fingerprint density at radius 3 is 2.45 bits per heavy atom. The number of rotatable bonds is 5. The first-order valence-corrected chi connectivity index (χ1v) is 6.31. The van der Waals surface area contributed by atoms with Crippen LogP contribution in [0.1, 0.15) is 11.3 Å². The van der Waals surface area contributed by atoms with Gasteiger partial charge in [-0.15, -0.1) is 0 Å². The summed E-state index contributed by atoms with van der Waals surface area (Å²) < 4.78 is 1.67. The number of carbonyl (C=O) groups excluding carboxylic acids is 1. The Balaban J connectivity index is 2.24. The molecule has 0 aliphatic rings. The minimum absolute atomic E-state index is 0.337. The lowest BCUT2D eigenvalue weighted by molar-refractivity contribution is -0.146. The number of hydrogen-bond acceptors (Lipinski definition) is 3. The number of carbonyl (C=O) groups is 2. The largest absolute Gasteiger partial charge is 0.506 e. The highest BCUT2D eigenvalue weighted by atomic mass is 16.4. The fraction of sp³-hybridized carbons (Fsp3) is 0.0625. The van der Waals surface area contributed by atoms with Crippen molar-refractivity contribution in [3.63, 3.8) is 0 Å². The summed E-state index contributed by atoms with van der Waals surface area (Å²) in [6.07, 6.45) is 2.38. The SMILES string of the molecule is [C-]#[N+]c1ccc(Cn2cccc2/C(O)=C/C(=O)C(=O)O)cc1. The number of carboxylic acids is 1. The topological polar surface area (TPSA) is 83.9 Å². The molecule has 0 saturated carbocycles. The molecule has 0 spiro atoms. The molecule has 0 saturated heterocycles. The predicted molar refractivity (Wildman–Crippen MR) is 79.5 cm³/mol. The molecule has 0 amide bonds. The van der Waals surface area contributed by atoms with Gasteiger partial charge in [0.25, 0.3) is 5.78 Å². The van der Waals surface area contributed by atoms with Gasteiger partial charge in [-0.05, 0) is 17.7 Å². The maximum Gasteiger partial charge on any atom is 0.376 e. The molecule has 0 aliphatic heterocycles. The van der Waals surface area contributed by atoms with Crippen LogP contribution in [0.2, 0.25) is 0 Å². The molecule has 0 radical (unpaired) electrons. The van der Waals surface area contributed by atoms with E-state index in [1.807, 2.05) is 0 Å². The van der Waals surface area contributed by atoms with Gasteiger partial charge in [0.15, 0.2) is 5.69 Å². The number of aliphatic hydroxyl groups is 1. The Hall–Kier alpha value is -3.33. The van der Waals surface area contributed by atoms with E-state index in [0.717, 1.165) is 5.56 Å². The molecule has 1 heterocycles. The fourth-order valence-corrected chi connectivity index (χ4v) is 1.92. The maximum absolute atomic E-state index is 11.1. The van der Waals surface area contributed by atoms with Crippen molar-refractivity contribution in [3.05, 3.63) is 71.3 Å². The lowest BCUT2D eigenvalue weighted by Gasteiger charge is -2.09. The van der Waals surface area contributed by atoms with Crippen LogP contribution in [0.15, 0.2) is 48.7 Å². The van der Waals surface area contributed by atoms with Gasteiger partial charge in [0, 0.05) is 18.8 Å². The quantitative estimate of drug-likeness (QED) is 0.384. The maximum atomic E-state index is 11.1. The van der Waals surface area contributed by atoms with Crippen molar-refractivity contribution in [1.82, 2.24) is 4.57 Å². The second-order valence-electron chi connectivity index (χ2n) is 4.50. The lowest BCUT2D eigenvalue weighted by atomic mass is 10.2. The zero-order chi connectivity index (χ0) is 16.1. The molecule has 6 heteroatoms. The van der Waals surface area contributed by atoms with Gasteiger partial charge in [-0.25, -0.2) is 9.64 Å². The molecule has 2 rings (SSSR count). The van der Waals surface area contributed by atoms with Crippen LogP contribution in [0.25, 0.3) is 10.6 Å². The Kier molecular flexibility index (Phi) is 4.39. The van der Waals surface area contributed by atoms with E-state index in [0.29, 0.717) is 24.0 Å². The second-order valence-corrected chi connectivity index (χ2v) is 4.50. The summed E-state index contributed by atoms with van der Waals surface area (Å²) in [5.74, 6) is -3.22. The summed E-state index contributed by atoms with van der Waals surface area (Å²) >= 11 is 0. The molecule has 0 unspecified atom stereocenters. The molecule has 2 N–H and O–H groups in total. The number of aliphatic hydroxyl groups excluding tert-OH is 1. The summed E-state index contributed by atoms with van der Waals surface area (Å²) in [5.41, 5.74) is 1.78. The number of aromatic nitrogens is 1. The second kappa shape index (κ2) is 6.41. The molecular weight excluding hydrogens is 284 g/mol. The van der Waals surface area contributed by atoms with E-state index in [9.17, 15) is 14.7 Å². The molecule has 1 aromatic heterocycles. The third kappa shape index (κ3) is 3.41. The molecular formula is C16H12N2O4. The zero-order valence-corrected chi connectivity index (χ0v) is 11.4. The third-order valence-electron chi connectivity index (χ3n) is 2.99. The van der Waals surface area contributed by atoms with Crippen molar-refractivity contribution in [2.45, 2.75) is 6.54 Å². The fourth-order valence-electron chi connectivity index (χ4n) is 1.92. The number of carboxylic acid groups (broad SMARTS) is 1. The molecule has 0 atom stereocenters. The van der Waals surface area contributed by atoms with E-state index < -0.39 is 17.5 Å². The Bertz CT molecular complexity index is 779. The minimum Gasteiger partial charge on any atom is -0.506 e. The van der Waals surface area contributed by atoms with E-state index in [1.165, 1.54) is 0 Å². The van der Waals surface area contributed by atoms with Crippen LogP contribution in [0.3, 0.4) is 0 Å². The van der Waals surface area contributed by atoms with Crippen molar-refractivity contribution in [2.75, 3.05) is 0 Å². The van der Waals surface area contributed by atoms with Crippen molar-refractivity contribution >= 4 is 23.2 Å². The molecule has 0 aliphatic carbocycles. The Morgan fingerprint density at radius 2 is 1.86 bits per heavy atom. The van der Waals surface area contributed by atoms with E-state index in [-0.39, 0.29) is 0 Å². The number of hydrogen-bond donors (Lipinski definition) is 2. The third-order valence-corrected chi connectivity index (χ3v) is 2.99. The van der Waals surface area contributed by atoms with Crippen LogP contribution in [-0.4, -0.2) is 26.5 Å². The van der Waals surface area contributed by atoms with Gasteiger partial charge in [0.1, 0.15) is 5.76 Å². The molecule has 2 aromatic rings. The number of benzene rings is 1. The van der Waals surface area contributed by atoms with Crippen LogP contribution in [0, 0.1) is 6.57 Å². The number of nitrogens with zero attached hydrogens (tertiary/aromatic N) is 2. The van der Waals surface area contributed by atoms with Gasteiger partial charge in [0.05, 0.1) is 12.3 Å². The van der Waals surface area contributed by atoms with Crippen LogP contribution >= 0.6 is 0 Å². The summed E-state index contributed by atoms with van der Waals surface area (Å²) in [5, 5.41) is 18.4. The summed E-state index contributed by atoms with van der Waals surface area (Å²) in [6, 6.07) is 10.2. The van der Waals surface area contributed by atoms with Crippen LogP contribution < -0.4 is 0 Å². The first-order valence-electron chi connectivity index (χ1n) is 6.31. The summed E-state index contributed by atoms with van der Waals surface area (Å²) in [6.45, 7) is 7.32. The highest BCUT2D eigenvalue weighted by Gasteiger charge is 2.13. The minimum atomic E-state index is -1.63. The molecule has 6 nitrogen and oxygen atoms in total. The number of ketones is 1. The summed E-state index contributed by atoms with van der Waals surface area (Å²) in [4.78, 5) is 24.9. The van der Waals surface area contributed by atoms with Crippen LogP contribution in [0.4, 0.5) is 5.69 Å². The highest BCUT2D eigenvalue weighted by Crippen LogP contribution is 2.17. The van der Waals surface area contributed by atoms with E-state index in [2.05, 4.69) is 4.85 Å². The first-order chi connectivity index (χ1) is 10.5. The average Bonchev–Trinajstić information content (AvgIpc) is 2.96. The van der Waals surface area contributed by atoms with Gasteiger partial charge >= 0.3 is 5.97 Å². The van der Waals surface area contributed by atoms with Gasteiger partial charge < -0.3 is 14.8 Å². The smallest absolute Gasteiger partial charge is 0.376 e. The molecule has 1 aromatic carbocycles.